The van der Waals surface area contributed by atoms with Crippen LogP contribution in [0.5, 0.6) is 0 Å². The van der Waals surface area contributed by atoms with Crippen LogP contribution in [0.15, 0.2) is 0 Å². The largest absolute Gasteiger partial charge is 0.389 e. The molecular formula is C14H29NO2S. The molecule has 0 bridgehead atoms. The molecule has 0 spiro atoms. The molecule has 0 radical (unpaired) electrons. The van der Waals surface area contributed by atoms with E-state index in [9.17, 15) is 5.11 Å². The lowest BCUT2D eigenvalue weighted by molar-refractivity contribution is -0.0497. The number of rotatable bonds is 9. The second-order valence-corrected chi connectivity index (χ2v) is 6.16. The Morgan fingerprint density at radius 1 is 1.39 bits per heavy atom. The molecule has 4 heteroatoms. The van der Waals surface area contributed by atoms with E-state index in [0.29, 0.717) is 25.2 Å². The summed E-state index contributed by atoms with van der Waals surface area (Å²) in [6.07, 6.45) is 8.40. The molecule has 0 aromatic carbocycles. The maximum Gasteiger partial charge on any atom is 0.0897 e. The second kappa shape index (κ2) is 10.1. The predicted octanol–water partition coefficient (Wildman–Crippen LogP) is 2.29. The van der Waals surface area contributed by atoms with Gasteiger partial charge in [0.2, 0.25) is 0 Å². The summed E-state index contributed by atoms with van der Waals surface area (Å²) in [6.45, 7) is 4.32. The zero-order valence-electron chi connectivity index (χ0n) is 11.9. The molecule has 0 aromatic rings. The van der Waals surface area contributed by atoms with Crippen LogP contribution in [0.25, 0.3) is 0 Å². The standard InChI is InChI=1S/C14H29NO2S/c1-3-12-6-4-5-7-14(12)17-11-13(16)10-15-8-9-18-2/h12-16H,3-11H2,1-2H3. The first-order valence-electron chi connectivity index (χ1n) is 7.27. The molecule has 1 fully saturated rings. The Bertz CT molecular complexity index is 204. The smallest absolute Gasteiger partial charge is 0.0897 e. The van der Waals surface area contributed by atoms with Gasteiger partial charge in [-0.05, 0) is 25.0 Å². The summed E-state index contributed by atoms with van der Waals surface area (Å²) >= 11 is 1.82. The summed E-state index contributed by atoms with van der Waals surface area (Å²) in [5.74, 6) is 1.80. The van der Waals surface area contributed by atoms with Gasteiger partial charge in [0.15, 0.2) is 0 Å². The van der Waals surface area contributed by atoms with Crippen molar-refractivity contribution in [3.63, 3.8) is 0 Å². The fourth-order valence-corrected chi connectivity index (χ4v) is 2.95. The fourth-order valence-electron chi connectivity index (χ4n) is 2.60. The highest BCUT2D eigenvalue weighted by Gasteiger charge is 2.24. The van der Waals surface area contributed by atoms with Gasteiger partial charge in [-0.25, -0.2) is 0 Å². The summed E-state index contributed by atoms with van der Waals surface area (Å²) in [5.41, 5.74) is 0. The first kappa shape index (κ1) is 16.3. The van der Waals surface area contributed by atoms with Crippen LogP contribution in [0.4, 0.5) is 0 Å². The molecule has 0 amide bonds. The first-order chi connectivity index (χ1) is 8.77. The van der Waals surface area contributed by atoms with Crippen molar-refractivity contribution in [1.29, 1.82) is 0 Å². The van der Waals surface area contributed by atoms with Crippen LogP contribution >= 0.6 is 11.8 Å². The van der Waals surface area contributed by atoms with Gasteiger partial charge in [-0.3, -0.25) is 0 Å². The van der Waals surface area contributed by atoms with E-state index in [2.05, 4.69) is 18.5 Å². The van der Waals surface area contributed by atoms with Crippen LogP contribution in [-0.4, -0.2) is 49.0 Å². The Balaban J connectivity index is 2.10. The van der Waals surface area contributed by atoms with Crippen LogP contribution < -0.4 is 5.32 Å². The van der Waals surface area contributed by atoms with Gasteiger partial charge >= 0.3 is 0 Å². The molecule has 1 saturated carbocycles. The summed E-state index contributed by atoms with van der Waals surface area (Å²) < 4.78 is 5.91. The molecule has 0 saturated heterocycles. The van der Waals surface area contributed by atoms with Crippen molar-refractivity contribution >= 4 is 11.8 Å². The highest BCUT2D eigenvalue weighted by Crippen LogP contribution is 2.29. The van der Waals surface area contributed by atoms with Gasteiger partial charge in [0.25, 0.3) is 0 Å². The molecular weight excluding hydrogens is 246 g/mol. The van der Waals surface area contributed by atoms with Crippen molar-refractivity contribution in [1.82, 2.24) is 5.32 Å². The molecule has 0 aromatic heterocycles. The van der Waals surface area contributed by atoms with Crippen molar-refractivity contribution in [2.24, 2.45) is 5.92 Å². The molecule has 108 valence electrons. The third kappa shape index (κ3) is 6.41. The molecule has 0 aliphatic heterocycles. The number of aliphatic hydroxyl groups excluding tert-OH is 1. The van der Waals surface area contributed by atoms with Crippen molar-refractivity contribution in [2.45, 2.75) is 51.2 Å². The van der Waals surface area contributed by atoms with E-state index >= 15 is 0 Å². The Hall–Kier alpha value is 0.230. The molecule has 0 heterocycles. The summed E-state index contributed by atoms with van der Waals surface area (Å²) in [6, 6.07) is 0. The van der Waals surface area contributed by atoms with Crippen molar-refractivity contribution in [3.8, 4) is 0 Å². The van der Waals surface area contributed by atoms with Gasteiger partial charge in [0, 0.05) is 18.8 Å². The van der Waals surface area contributed by atoms with Crippen LogP contribution in [-0.2, 0) is 4.74 Å². The predicted molar refractivity (Wildman–Crippen MR) is 79.2 cm³/mol. The normalized spacial score (nSPS) is 26.2. The Morgan fingerprint density at radius 3 is 2.89 bits per heavy atom. The van der Waals surface area contributed by atoms with Gasteiger partial charge in [-0.2, -0.15) is 11.8 Å². The molecule has 1 rings (SSSR count). The molecule has 3 atom stereocenters. The van der Waals surface area contributed by atoms with Crippen molar-refractivity contribution < 1.29 is 9.84 Å². The summed E-state index contributed by atoms with van der Waals surface area (Å²) in [5, 5.41) is 13.1. The van der Waals surface area contributed by atoms with Crippen LogP contribution in [0.2, 0.25) is 0 Å². The molecule has 18 heavy (non-hydrogen) atoms. The minimum Gasteiger partial charge on any atom is -0.389 e. The van der Waals surface area contributed by atoms with E-state index in [1.807, 2.05) is 11.8 Å². The molecule has 1 aliphatic carbocycles. The third-order valence-electron chi connectivity index (χ3n) is 3.73. The topological polar surface area (TPSA) is 41.5 Å². The SMILES string of the molecule is CCC1CCCCC1OCC(O)CNCCSC. The molecule has 3 unspecified atom stereocenters. The number of hydrogen-bond acceptors (Lipinski definition) is 4. The van der Waals surface area contributed by atoms with E-state index in [1.165, 1.54) is 32.1 Å². The highest BCUT2D eigenvalue weighted by atomic mass is 32.2. The van der Waals surface area contributed by atoms with Gasteiger partial charge in [0.1, 0.15) is 0 Å². The Morgan fingerprint density at radius 2 is 2.17 bits per heavy atom. The van der Waals surface area contributed by atoms with E-state index in [1.54, 1.807) is 0 Å². The lowest BCUT2D eigenvalue weighted by Crippen LogP contribution is -2.35. The number of ether oxygens (including phenoxy) is 1. The number of nitrogens with one attached hydrogen (secondary N) is 1. The van der Waals surface area contributed by atoms with Crippen LogP contribution in [0.1, 0.15) is 39.0 Å². The first-order valence-corrected chi connectivity index (χ1v) is 8.66. The number of aliphatic hydroxyl groups is 1. The van der Waals surface area contributed by atoms with E-state index in [-0.39, 0.29) is 6.10 Å². The lowest BCUT2D eigenvalue weighted by atomic mass is 9.85. The van der Waals surface area contributed by atoms with Gasteiger partial charge in [-0.15, -0.1) is 0 Å². The van der Waals surface area contributed by atoms with Crippen molar-refractivity contribution in [3.05, 3.63) is 0 Å². The zero-order chi connectivity index (χ0) is 13.2. The van der Waals surface area contributed by atoms with E-state index in [4.69, 9.17) is 4.74 Å². The van der Waals surface area contributed by atoms with Crippen LogP contribution in [0.3, 0.4) is 0 Å². The maximum atomic E-state index is 9.84. The highest BCUT2D eigenvalue weighted by molar-refractivity contribution is 7.98. The molecule has 3 nitrogen and oxygen atoms in total. The Labute approximate surface area is 116 Å². The molecule has 2 N–H and O–H groups in total. The van der Waals surface area contributed by atoms with Gasteiger partial charge in [-0.1, -0.05) is 26.2 Å². The van der Waals surface area contributed by atoms with Gasteiger partial charge in [0.05, 0.1) is 18.8 Å². The monoisotopic (exact) mass is 275 g/mol. The lowest BCUT2D eigenvalue weighted by Gasteiger charge is -2.31. The van der Waals surface area contributed by atoms with E-state index in [0.717, 1.165) is 12.3 Å². The minimum absolute atomic E-state index is 0.369. The average molecular weight is 275 g/mol. The van der Waals surface area contributed by atoms with Crippen molar-refractivity contribution in [2.75, 3.05) is 31.7 Å². The molecule has 1 aliphatic rings. The van der Waals surface area contributed by atoms with Crippen LogP contribution in [0, 0.1) is 5.92 Å². The second-order valence-electron chi connectivity index (χ2n) is 5.18. The average Bonchev–Trinajstić information content (AvgIpc) is 2.41. The summed E-state index contributed by atoms with van der Waals surface area (Å²) in [4.78, 5) is 0. The quantitative estimate of drug-likeness (QED) is 0.634. The maximum absolute atomic E-state index is 9.84. The van der Waals surface area contributed by atoms with Gasteiger partial charge < -0.3 is 15.2 Å². The Kier molecular flexibility index (Phi) is 9.11. The fraction of sp³-hybridized carbons (Fsp3) is 1.00. The summed E-state index contributed by atoms with van der Waals surface area (Å²) in [7, 11) is 0. The zero-order valence-corrected chi connectivity index (χ0v) is 12.7. The number of thioether (sulfide) groups is 1. The third-order valence-corrected chi connectivity index (χ3v) is 4.34. The minimum atomic E-state index is -0.369. The van der Waals surface area contributed by atoms with E-state index < -0.39 is 0 Å². The number of hydrogen-bond donors (Lipinski definition) is 2.